The Hall–Kier alpha value is -0.153. The summed E-state index contributed by atoms with van der Waals surface area (Å²) in [6, 6.07) is 0. The summed E-state index contributed by atoms with van der Waals surface area (Å²) in [7, 11) is -1.48. The fraction of sp³-hybridized carbons (Fsp3) is 0.952. The first-order valence-electron chi connectivity index (χ1n) is 10.2. The predicted molar refractivity (Wildman–Crippen MR) is 105 cm³/mol. The maximum Gasteiger partial charge on any atom is 0.184 e. The molecule has 0 amide bonds. The van der Waals surface area contributed by atoms with Gasteiger partial charge in [0.15, 0.2) is 8.32 Å². The number of ketones is 1. The van der Waals surface area contributed by atoms with Gasteiger partial charge in [-0.15, -0.1) is 0 Å². The molecule has 0 N–H and O–H groups in total. The first-order valence-corrected chi connectivity index (χ1v) is 13.6. The van der Waals surface area contributed by atoms with Gasteiger partial charge in [-0.25, -0.2) is 0 Å². The van der Waals surface area contributed by atoms with Gasteiger partial charge in [0.1, 0.15) is 5.78 Å². The van der Waals surface area contributed by atoms with Crippen LogP contribution in [0, 0.1) is 23.2 Å². The Morgan fingerprint density at radius 1 is 1.29 bits per heavy atom. The first kappa shape index (κ1) is 20.2. The topological polar surface area (TPSA) is 26.3 Å². The molecule has 4 atom stereocenters. The summed E-state index contributed by atoms with van der Waals surface area (Å²) in [6.07, 6.45) is 9.30. The lowest BCUT2D eigenvalue weighted by molar-refractivity contribution is -0.130. The van der Waals surface area contributed by atoms with Crippen molar-refractivity contribution in [3.63, 3.8) is 0 Å². The van der Waals surface area contributed by atoms with Gasteiger partial charge in [-0.1, -0.05) is 26.7 Å². The van der Waals surface area contributed by atoms with Crippen LogP contribution in [0.5, 0.6) is 0 Å². The number of hydrogen-bond acceptors (Lipinski definition) is 2. The van der Waals surface area contributed by atoms with Crippen molar-refractivity contribution in [2.45, 2.75) is 104 Å². The summed E-state index contributed by atoms with van der Waals surface area (Å²) < 4.78 is 6.35. The number of rotatable bonds is 7. The Bertz CT molecular complexity index is 451. The molecule has 2 nitrogen and oxygen atoms in total. The molecule has 0 aromatic carbocycles. The molecular weight excluding hydrogens is 312 g/mol. The van der Waals surface area contributed by atoms with Gasteiger partial charge in [0.05, 0.1) is 5.60 Å². The average Bonchev–Trinajstić information content (AvgIpc) is 2.74. The SMILES string of the molecule is CC(CCCC(C)(C)O[Si](C)(C)C)[C@H]1CC[C@H]2C(=O)CCC[C@]12C. The highest BCUT2D eigenvalue weighted by molar-refractivity contribution is 6.69. The second-order valence-electron chi connectivity index (χ2n) is 10.4. The van der Waals surface area contributed by atoms with Crippen LogP contribution in [-0.2, 0) is 9.22 Å². The molecular formula is C21H40O2Si. The third-order valence-electron chi connectivity index (χ3n) is 6.64. The summed E-state index contributed by atoms with van der Waals surface area (Å²) >= 11 is 0. The van der Waals surface area contributed by atoms with Crippen LogP contribution in [0.3, 0.4) is 0 Å². The van der Waals surface area contributed by atoms with Gasteiger partial charge in [-0.3, -0.25) is 4.79 Å². The highest BCUT2D eigenvalue weighted by atomic mass is 28.4. The van der Waals surface area contributed by atoms with E-state index < -0.39 is 8.32 Å². The van der Waals surface area contributed by atoms with E-state index >= 15 is 0 Å². The van der Waals surface area contributed by atoms with E-state index in [1.807, 2.05) is 0 Å². The zero-order valence-electron chi connectivity index (χ0n) is 17.2. The van der Waals surface area contributed by atoms with E-state index in [2.05, 4.69) is 47.3 Å². The Kier molecular flexibility index (Phi) is 6.07. The van der Waals surface area contributed by atoms with Gasteiger partial charge in [-0.05, 0) is 82.8 Å². The lowest BCUT2D eigenvalue weighted by Crippen LogP contribution is -2.39. The molecule has 0 saturated heterocycles. The summed E-state index contributed by atoms with van der Waals surface area (Å²) in [5.41, 5.74) is 0.298. The molecule has 2 rings (SSSR count). The molecule has 140 valence electrons. The number of fused-ring (bicyclic) bond motifs is 1. The fourth-order valence-corrected chi connectivity index (χ4v) is 7.60. The van der Waals surface area contributed by atoms with Crippen LogP contribution in [0.1, 0.15) is 79.1 Å². The summed E-state index contributed by atoms with van der Waals surface area (Å²) in [4.78, 5) is 12.3. The summed E-state index contributed by atoms with van der Waals surface area (Å²) in [5, 5.41) is 0. The minimum Gasteiger partial charge on any atom is -0.413 e. The molecule has 2 aliphatic carbocycles. The van der Waals surface area contributed by atoms with E-state index in [0.29, 0.717) is 17.1 Å². The van der Waals surface area contributed by atoms with Crippen LogP contribution >= 0.6 is 0 Å². The number of carbonyl (C=O) groups excluding carboxylic acids is 1. The molecule has 2 fully saturated rings. The molecule has 2 saturated carbocycles. The fourth-order valence-electron chi connectivity index (χ4n) is 5.84. The Balaban J connectivity index is 1.87. The van der Waals surface area contributed by atoms with Crippen molar-refractivity contribution in [1.29, 1.82) is 0 Å². The third kappa shape index (κ3) is 4.72. The molecule has 0 aromatic heterocycles. The Morgan fingerprint density at radius 2 is 1.96 bits per heavy atom. The quantitative estimate of drug-likeness (QED) is 0.509. The van der Waals surface area contributed by atoms with E-state index in [-0.39, 0.29) is 5.60 Å². The van der Waals surface area contributed by atoms with E-state index in [1.165, 1.54) is 25.7 Å². The summed E-state index contributed by atoms with van der Waals surface area (Å²) in [6.45, 7) is 16.2. The molecule has 3 heteroatoms. The van der Waals surface area contributed by atoms with Crippen LogP contribution in [0.2, 0.25) is 19.6 Å². The molecule has 0 spiro atoms. The molecule has 0 aromatic rings. The van der Waals surface area contributed by atoms with Crippen molar-refractivity contribution >= 4 is 14.1 Å². The monoisotopic (exact) mass is 352 g/mol. The van der Waals surface area contributed by atoms with E-state index in [4.69, 9.17) is 4.43 Å². The van der Waals surface area contributed by atoms with E-state index in [1.54, 1.807) is 0 Å². The lowest BCUT2D eigenvalue weighted by atomic mass is 9.62. The minimum absolute atomic E-state index is 0.00705. The van der Waals surface area contributed by atoms with Crippen molar-refractivity contribution in [2.24, 2.45) is 23.2 Å². The number of hydrogen-bond donors (Lipinski definition) is 0. The molecule has 0 heterocycles. The van der Waals surface area contributed by atoms with Crippen LogP contribution in [0.25, 0.3) is 0 Å². The van der Waals surface area contributed by atoms with Crippen LogP contribution in [-0.4, -0.2) is 19.7 Å². The highest BCUT2D eigenvalue weighted by Gasteiger charge is 2.52. The largest absolute Gasteiger partial charge is 0.413 e. The summed E-state index contributed by atoms with van der Waals surface area (Å²) in [5.74, 6) is 2.40. The van der Waals surface area contributed by atoms with Gasteiger partial charge in [0, 0.05) is 12.3 Å². The maximum absolute atomic E-state index is 12.3. The lowest BCUT2D eigenvalue weighted by Gasteiger charge is -2.42. The number of carbonyl (C=O) groups is 1. The van der Waals surface area contributed by atoms with Gasteiger partial charge in [0.2, 0.25) is 0 Å². The molecule has 1 unspecified atom stereocenters. The normalized spacial score (nSPS) is 32.7. The van der Waals surface area contributed by atoms with E-state index in [9.17, 15) is 4.79 Å². The third-order valence-corrected chi connectivity index (χ3v) is 7.81. The minimum atomic E-state index is -1.48. The van der Waals surface area contributed by atoms with Gasteiger partial charge in [0.25, 0.3) is 0 Å². The first-order chi connectivity index (χ1) is 10.9. The van der Waals surface area contributed by atoms with Crippen molar-refractivity contribution in [3.8, 4) is 0 Å². The number of Topliss-reactive ketones (excluding diaryl/α,β-unsaturated/α-hetero) is 1. The molecule has 24 heavy (non-hydrogen) atoms. The van der Waals surface area contributed by atoms with Crippen molar-refractivity contribution < 1.29 is 9.22 Å². The molecule has 0 radical (unpaired) electrons. The standard InChI is InChI=1S/C21H40O2Si/c1-16(10-8-14-20(2,3)23-24(5,6)7)17-12-13-18-19(22)11-9-15-21(17,18)4/h16-18H,8-15H2,1-7H3/t16?,17-,18+,21-/m1/s1. The zero-order chi connectivity index (χ0) is 18.2. The van der Waals surface area contributed by atoms with Crippen molar-refractivity contribution in [2.75, 3.05) is 0 Å². The van der Waals surface area contributed by atoms with Crippen molar-refractivity contribution in [1.82, 2.24) is 0 Å². The predicted octanol–water partition coefficient (Wildman–Crippen LogP) is 6.21. The van der Waals surface area contributed by atoms with Gasteiger partial charge in [-0.2, -0.15) is 0 Å². The maximum atomic E-state index is 12.3. The van der Waals surface area contributed by atoms with Gasteiger partial charge >= 0.3 is 0 Å². The van der Waals surface area contributed by atoms with Crippen molar-refractivity contribution in [3.05, 3.63) is 0 Å². The Labute approximate surface area is 151 Å². The van der Waals surface area contributed by atoms with Crippen LogP contribution in [0.15, 0.2) is 0 Å². The zero-order valence-corrected chi connectivity index (χ0v) is 18.2. The van der Waals surface area contributed by atoms with Gasteiger partial charge < -0.3 is 4.43 Å². The molecule has 0 bridgehead atoms. The Morgan fingerprint density at radius 3 is 2.58 bits per heavy atom. The molecule has 0 aliphatic heterocycles. The molecule has 2 aliphatic rings. The van der Waals surface area contributed by atoms with Crippen LogP contribution < -0.4 is 0 Å². The smallest absolute Gasteiger partial charge is 0.184 e. The van der Waals surface area contributed by atoms with Crippen LogP contribution in [0.4, 0.5) is 0 Å². The second kappa shape index (κ2) is 7.23. The second-order valence-corrected chi connectivity index (χ2v) is 14.8. The van der Waals surface area contributed by atoms with E-state index in [0.717, 1.165) is 37.5 Å². The highest BCUT2D eigenvalue weighted by Crippen LogP contribution is 2.57. The average molecular weight is 353 g/mol.